The van der Waals surface area contributed by atoms with Crippen LogP contribution in [0.5, 0.6) is 11.6 Å². The summed E-state index contributed by atoms with van der Waals surface area (Å²) in [6.07, 6.45) is 0. The van der Waals surface area contributed by atoms with E-state index in [1.807, 2.05) is 13.0 Å². The fraction of sp³-hybridized carbons (Fsp3) is 0.250. The van der Waals surface area contributed by atoms with Gasteiger partial charge in [0.1, 0.15) is 5.69 Å². The third kappa shape index (κ3) is 2.39. The molecule has 0 atom stereocenters. The number of benzene rings is 1. The minimum Gasteiger partial charge on any atom is -0.432 e. The van der Waals surface area contributed by atoms with Gasteiger partial charge in [0.2, 0.25) is 0 Å². The predicted molar refractivity (Wildman–Crippen MR) is 70.9 cm³/mol. The summed E-state index contributed by atoms with van der Waals surface area (Å²) in [7, 11) is 1.58. The van der Waals surface area contributed by atoms with E-state index in [0.717, 1.165) is 5.56 Å². The summed E-state index contributed by atoms with van der Waals surface area (Å²) < 4.78 is 6.94. The summed E-state index contributed by atoms with van der Waals surface area (Å²) in [5.41, 5.74) is 0.940. The second-order valence-electron chi connectivity index (χ2n) is 4.11. The minimum atomic E-state index is -0.510. The topological polar surface area (TPSA) is 70.2 Å². The van der Waals surface area contributed by atoms with Gasteiger partial charge in [0, 0.05) is 7.05 Å². The van der Waals surface area contributed by atoms with Gasteiger partial charge in [0.15, 0.2) is 5.75 Å². The first-order chi connectivity index (χ1) is 8.91. The first-order valence-corrected chi connectivity index (χ1v) is 5.90. The smallest absolute Gasteiger partial charge is 0.353 e. The Morgan fingerprint density at radius 1 is 1.42 bits per heavy atom. The van der Waals surface area contributed by atoms with E-state index in [0.29, 0.717) is 16.5 Å². The number of hydrogen-bond donors (Lipinski definition) is 0. The Kier molecular flexibility index (Phi) is 3.44. The number of nitro groups is 1. The Morgan fingerprint density at radius 2 is 2.11 bits per heavy atom. The molecule has 0 unspecified atom stereocenters. The van der Waals surface area contributed by atoms with Crippen LogP contribution in [0.4, 0.5) is 5.69 Å². The summed E-state index contributed by atoms with van der Waals surface area (Å²) in [4.78, 5) is 10.5. The number of ether oxygens (including phenoxy) is 1. The van der Waals surface area contributed by atoms with Gasteiger partial charge < -0.3 is 4.74 Å². The summed E-state index contributed by atoms with van der Waals surface area (Å²) in [5.74, 6) is 0.467. The number of nitrogens with zero attached hydrogens (tertiary/aromatic N) is 3. The molecule has 6 nitrogen and oxygen atoms in total. The number of para-hydroxylation sites is 1. The maximum Gasteiger partial charge on any atom is 0.353 e. The third-order valence-corrected chi connectivity index (χ3v) is 2.98. The van der Waals surface area contributed by atoms with Crippen LogP contribution in [0.1, 0.15) is 11.3 Å². The molecule has 19 heavy (non-hydrogen) atoms. The van der Waals surface area contributed by atoms with E-state index in [4.69, 9.17) is 16.3 Å². The zero-order valence-electron chi connectivity index (χ0n) is 10.7. The molecule has 0 aliphatic heterocycles. The van der Waals surface area contributed by atoms with Crippen molar-refractivity contribution in [3.8, 4) is 11.6 Å². The van der Waals surface area contributed by atoms with Crippen LogP contribution in [0.2, 0.25) is 5.02 Å². The molecule has 0 bridgehead atoms. The lowest BCUT2D eigenvalue weighted by molar-refractivity contribution is -0.386. The van der Waals surface area contributed by atoms with Gasteiger partial charge in [-0.1, -0.05) is 23.7 Å². The van der Waals surface area contributed by atoms with Crippen molar-refractivity contribution in [1.82, 2.24) is 9.78 Å². The van der Waals surface area contributed by atoms with Crippen LogP contribution < -0.4 is 4.74 Å². The van der Waals surface area contributed by atoms with Crippen LogP contribution >= 0.6 is 11.6 Å². The van der Waals surface area contributed by atoms with Gasteiger partial charge in [-0.2, -0.15) is 5.10 Å². The van der Waals surface area contributed by atoms with Gasteiger partial charge in [0.25, 0.3) is 5.88 Å². The van der Waals surface area contributed by atoms with Crippen molar-refractivity contribution >= 4 is 17.3 Å². The molecule has 1 aromatic heterocycles. The van der Waals surface area contributed by atoms with Crippen LogP contribution in [-0.4, -0.2) is 14.7 Å². The molecule has 7 heteroatoms. The lowest BCUT2D eigenvalue weighted by Crippen LogP contribution is -1.99. The molecule has 0 N–H and O–H groups in total. The Labute approximate surface area is 114 Å². The van der Waals surface area contributed by atoms with Crippen LogP contribution in [0.3, 0.4) is 0 Å². The molecule has 0 amide bonds. The van der Waals surface area contributed by atoms with Crippen LogP contribution in [0.15, 0.2) is 18.2 Å². The Bertz CT molecular complexity index is 632. The number of halogens is 1. The van der Waals surface area contributed by atoms with Crippen LogP contribution in [0, 0.1) is 24.0 Å². The van der Waals surface area contributed by atoms with Crippen LogP contribution in [0.25, 0.3) is 0 Å². The normalized spacial score (nSPS) is 10.5. The average molecular weight is 282 g/mol. The van der Waals surface area contributed by atoms with Crippen molar-refractivity contribution in [2.45, 2.75) is 13.8 Å². The molecule has 0 spiro atoms. The SMILES string of the molecule is Cc1cccc(Cl)c1Oc1c([N+](=O)[O-])c(C)nn1C. The molecule has 0 fully saturated rings. The molecule has 100 valence electrons. The van der Waals surface area contributed by atoms with Gasteiger partial charge in [-0.3, -0.25) is 10.1 Å². The fourth-order valence-electron chi connectivity index (χ4n) is 1.79. The highest BCUT2D eigenvalue weighted by atomic mass is 35.5. The molecule has 0 saturated carbocycles. The van der Waals surface area contributed by atoms with E-state index in [1.54, 1.807) is 26.1 Å². The number of hydrogen-bond acceptors (Lipinski definition) is 4. The highest BCUT2D eigenvalue weighted by Gasteiger charge is 2.27. The Morgan fingerprint density at radius 3 is 2.68 bits per heavy atom. The largest absolute Gasteiger partial charge is 0.432 e. The van der Waals surface area contributed by atoms with E-state index >= 15 is 0 Å². The van der Waals surface area contributed by atoms with Crippen molar-refractivity contribution in [3.05, 3.63) is 44.6 Å². The van der Waals surface area contributed by atoms with Gasteiger partial charge in [0.05, 0.1) is 9.95 Å². The van der Waals surface area contributed by atoms with Gasteiger partial charge in [-0.25, -0.2) is 4.68 Å². The molecule has 0 radical (unpaired) electrons. The van der Waals surface area contributed by atoms with Crippen molar-refractivity contribution in [2.75, 3.05) is 0 Å². The summed E-state index contributed by atoms with van der Waals surface area (Å²) in [6.45, 7) is 3.38. The van der Waals surface area contributed by atoms with Gasteiger partial charge in [-0.15, -0.1) is 0 Å². The predicted octanol–water partition coefficient (Wildman–Crippen LogP) is 3.39. The highest BCUT2D eigenvalue weighted by Crippen LogP contribution is 2.37. The second kappa shape index (κ2) is 4.89. The Balaban J connectivity index is 2.53. The Hall–Kier alpha value is -2.08. The molecule has 0 aliphatic rings. The van der Waals surface area contributed by atoms with E-state index in [9.17, 15) is 10.1 Å². The zero-order chi connectivity index (χ0) is 14.2. The van der Waals surface area contributed by atoms with Gasteiger partial charge in [-0.05, 0) is 25.5 Å². The molecule has 2 rings (SSSR count). The maximum absolute atomic E-state index is 11.1. The molecular formula is C12H12ClN3O3. The van der Waals surface area contributed by atoms with E-state index < -0.39 is 4.92 Å². The standard InChI is InChI=1S/C12H12ClN3O3/c1-7-5-4-6-9(13)11(7)19-12-10(16(17)18)8(2)14-15(12)3/h4-6H,1-3H3. The molecular weight excluding hydrogens is 270 g/mol. The van der Waals surface area contributed by atoms with E-state index in [1.165, 1.54) is 4.68 Å². The lowest BCUT2D eigenvalue weighted by atomic mass is 10.2. The first-order valence-electron chi connectivity index (χ1n) is 5.52. The molecule has 1 heterocycles. The van der Waals surface area contributed by atoms with Crippen molar-refractivity contribution < 1.29 is 9.66 Å². The minimum absolute atomic E-state index is 0.0682. The number of aromatic nitrogens is 2. The lowest BCUT2D eigenvalue weighted by Gasteiger charge is -2.09. The quantitative estimate of drug-likeness (QED) is 0.639. The fourth-order valence-corrected chi connectivity index (χ4v) is 2.05. The monoisotopic (exact) mass is 281 g/mol. The molecule has 0 aliphatic carbocycles. The number of rotatable bonds is 3. The molecule has 1 aromatic carbocycles. The maximum atomic E-state index is 11.1. The molecule has 2 aromatic rings. The van der Waals surface area contributed by atoms with E-state index in [-0.39, 0.29) is 11.6 Å². The zero-order valence-corrected chi connectivity index (χ0v) is 11.4. The highest BCUT2D eigenvalue weighted by molar-refractivity contribution is 6.32. The second-order valence-corrected chi connectivity index (χ2v) is 4.52. The summed E-state index contributed by atoms with van der Waals surface area (Å²) in [6, 6.07) is 5.27. The molecule has 0 saturated heterocycles. The number of aryl methyl sites for hydroxylation is 3. The third-order valence-electron chi connectivity index (χ3n) is 2.68. The summed E-state index contributed by atoms with van der Waals surface area (Å²) in [5, 5.41) is 15.4. The van der Waals surface area contributed by atoms with Gasteiger partial charge >= 0.3 is 5.69 Å². The van der Waals surface area contributed by atoms with Crippen molar-refractivity contribution in [1.29, 1.82) is 0 Å². The van der Waals surface area contributed by atoms with E-state index in [2.05, 4.69) is 5.10 Å². The summed E-state index contributed by atoms with van der Waals surface area (Å²) >= 11 is 6.05. The average Bonchev–Trinajstić information content (AvgIpc) is 2.58. The van der Waals surface area contributed by atoms with Crippen LogP contribution in [-0.2, 0) is 7.05 Å². The van der Waals surface area contributed by atoms with Crippen molar-refractivity contribution in [2.24, 2.45) is 7.05 Å². The first kappa shape index (κ1) is 13.4. The van der Waals surface area contributed by atoms with Crippen molar-refractivity contribution in [3.63, 3.8) is 0 Å².